The Bertz CT molecular complexity index is 1080. The van der Waals surface area contributed by atoms with E-state index >= 15 is 0 Å². The van der Waals surface area contributed by atoms with E-state index in [2.05, 4.69) is 49.8 Å². The van der Waals surface area contributed by atoms with Gasteiger partial charge in [-0.3, -0.25) is 9.59 Å². The lowest BCUT2D eigenvalue weighted by molar-refractivity contribution is 0.0895. The maximum Gasteiger partial charge on any atom is 0.253 e. The summed E-state index contributed by atoms with van der Waals surface area (Å²) in [6.07, 6.45) is 43.5. The molecule has 0 spiro atoms. The minimum absolute atomic E-state index is 0.359. The van der Waals surface area contributed by atoms with Gasteiger partial charge >= 0.3 is 0 Å². The van der Waals surface area contributed by atoms with Gasteiger partial charge in [-0.1, -0.05) is 188 Å². The second-order valence-electron chi connectivity index (χ2n) is 17.4. The van der Waals surface area contributed by atoms with Crippen molar-refractivity contribution >= 4 is 11.4 Å². The van der Waals surface area contributed by atoms with Gasteiger partial charge in [0.25, 0.3) is 10.9 Å². The van der Waals surface area contributed by atoms with E-state index in [1.54, 1.807) is 7.05 Å². The molecule has 0 aliphatic heterocycles. The van der Waals surface area contributed by atoms with Crippen LogP contribution >= 0.6 is 0 Å². The van der Waals surface area contributed by atoms with Gasteiger partial charge in [0.1, 0.15) is 11.4 Å². The summed E-state index contributed by atoms with van der Waals surface area (Å²) in [5.41, 5.74) is 0.117. The summed E-state index contributed by atoms with van der Waals surface area (Å²) in [6.45, 7) is 17.7. The number of nitrogens with one attached hydrogen (secondary N) is 2. The molecule has 1 rings (SSSR count). The quantitative estimate of drug-likeness (QED) is 0.0390. The third kappa shape index (κ3) is 27.0. The fourth-order valence-corrected chi connectivity index (χ4v) is 8.41. The minimum Gasteiger partial charge on any atom is -0.495 e. The van der Waals surface area contributed by atoms with E-state index in [1.807, 2.05) is 0 Å². The molecule has 0 saturated heterocycles. The minimum atomic E-state index is -0.401. The van der Waals surface area contributed by atoms with Gasteiger partial charge in [-0.05, 0) is 76.9 Å². The molecule has 0 radical (unpaired) electrons. The van der Waals surface area contributed by atoms with Crippen molar-refractivity contribution in [2.45, 2.75) is 246 Å². The molecule has 1 unspecified atom stereocenters. The number of unbranched alkanes of at least 4 members (excludes halogenated alkanes) is 21. The number of allylic oxidation sites excluding steroid dienone is 1. The monoisotopic (exact) mass is 786 g/mol. The third-order valence-corrected chi connectivity index (χ3v) is 12.3. The zero-order chi connectivity index (χ0) is 40.9. The molecule has 328 valence electrons. The first-order valence-corrected chi connectivity index (χ1v) is 24.7. The Morgan fingerprint density at radius 1 is 0.536 bits per heavy atom. The van der Waals surface area contributed by atoms with Crippen molar-refractivity contribution in [2.24, 2.45) is 5.92 Å². The van der Waals surface area contributed by atoms with Gasteiger partial charge in [0.15, 0.2) is 0 Å². The summed E-state index contributed by atoms with van der Waals surface area (Å²) in [4.78, 5) is 26.4. The summed E-state index contributed by atoms with van der Waals surface area (Å²) in [5.74, 6) is 1.92. The van der Waals surface area contributed by atoms with Crippen LogP contribution in [0.15, 0.2) is 21.9 Å². The second-order valence-corrected chi connectivity index (χ2v) is 17.4. The largest absolute Gasteiger partial charge is 0.495 e. The standard InChI is InChI=1S/C50H95N3O3/c1-7-11-14-17-22-28-36-45(10-4)37-29-26-33-42-53(43-34-40-52-48-47(51-6)49(54)50(48)55)41-32-25-20-21-27-35-44(5)56-46(38-30-23-18-15-12-8-2)39-31-24-19-16-13-9-3/h45-46,51-52H,5,7-43H2,1-4,6H3. The third-order valence-electron chi connectivity index (χ3n) is 12.3. The van der Waals surface area contributed by atoms with Crippen molar-refractivity contribution in [3.05, 3.63) is 32.8 Å². The van der Waals surface area contributed by atoms with Gasteiger partial charge in [0.2, 0.25) is 0 Å². The zero-order valence-electron chi connectivity index (χ0n) is 38.2. The highest BCUT2D eigenvalue weighted by molar-refractivity contribution is 5.73. The lowest BCUT2D eigenvalue weighted by atomic mass is 9.92. The Kier molecular flexibility index (Phi) is 34.9. The Balaban J connectivity index is 2.42. The molecule has 1 atom stereocenters. The maximum absolute atomic E-state index is 12.0. The van der Waals surface area contributed by atoms with Crippen LogP contribution in [0.2, 0.25) is 0 Å². The fraction of sp³-hybridized carbons (Fsp3) is 0.880. The van der Waals surface area contributed by atoms with Gasteiger partial charge in [-0.2, -0.15) is 0 Å². The molecule has 2 N–H and O–H groups in total. The summed E-state index contributed by atoms with van der Waals surface area (Å²) in [6, 6.07) is 0. The van der Waals surface area contributed by atoms with Crippen molar-refractivity contribution in [1.29, 1.82) is 0 Å². The normalized spacial score (nSPS) is 12.3. The molecule has 0 heterocycles. The summed E-state index contributed by atoms with van der Waals surface area (Å²) in [5, 5.41) is 6.10. The van der Waals surface area contributed by atoms with Crippen molar-refractivity contribution in [3.63, 3.8) is 0 Å². The Morgan fingerprint density at radius 3 is 1.45 bits per heavy atom. The second kappa shape index (κ2) is 37.5. The van der Waals surface area contributed by atoms with E-state index in [0.29, 0.717) is 17.5 Å². The van der Waals surface area contributed by atoms with E-state index in [0.717, 1.165) is 50.7 Å². The van der Waals surface area contributed by atoms with Crippen molar-refractivity contribution in [1.82, 2.24) is 4.90 Å². The van der Waals surface area contributed by atoms with Crippen LogP contribution in [-0.4, -0.2) is 44.2 Å². The molecular formula is C50H95N3O3. The average Bonchev–Trinajstić information content (AvgIpc) is 3.20. The highest BCUT2D eigenvalue weighted by Gasteiger charge is 2.19. The average molecular weight is 786 g/mol. The van der Waals surface area contributed by atoms with Crippen LogP contribution in [0.4, 0.5) is 11.4 Å². The van der Waals surface area contributed by atoms with Gasteiger partial charge in [-0.25, -0.2) is 0 Å². The van der Waals surface area contributed by atoms with Crippen LogP contribution in [0.1, 0.15) is 240 Å². The van der Waals surface area contributed by atoms with Crippen molar-refractivity contribution < 1.29 is 4.74 Å². The van der Waals surface area contributed by atoms with E-state index < -0.39 is 5.43 Å². The lowest BCUT2D eigenvalue weighted by Gasteiger charge is -2.23. The van der Waals surface area contributed by atoms with E-state index in [4.69, 9.17) is 4.74 Å². The van der Waals surface area contributed by atoms with Crippen molar-refractivity contribution in [3.8, 4) is 0 Å². The van der Waals surface area contributed by atoms with Gasteiger partial charge in [0, 0.05) is 20.0 Å². The molecule has 0 aromatic heterocycles. The van der Waals surface area contributed by atoms with Crippen molar-refractivity contribution in [2.75, 3.05) is 43.9 Å². The first-order valence-electron chi connectivity index (χ1n) is 24.7. The summed E-state index contributed by atoms with van der Waals surface area (Å²) in [7, 11) is 1.70. The van der Waals surface area contributed by atoms with Gasteiger partial charge < -0.3 is 20.3 Å². The number of hydrogen-bond acceptors (Lipinski definition) is 6. The first kappa shape index (κ1) is 52.2. The summed E-state index contributed by atoms with van der Waals surface area (Å²) >= 11 is 0. The topological polar surface area (TPSA) is 70.7 Å². The molecule has 0 amide bonds. The predicted octanol–water partition coefficient (Wildman–Crippen LogP) is 14.5. The highest BCUT2D eigenvalue weighted by Crippen LogP contribution is 2.23. The van der Waals surface area contributed by atoms with Crippen LogP contribution in [-0.2, 0) is 4.74 Å². The van der Waals surface area contributed by atoms with E-state index in [9.17, 15) is 9.59 Å². The molecule has 1 aromatic carbocycles. The number of rotatable bonds is 44. The molecule has 0 saturated carbocycles. The molecule has 1 aromatic rings. The molecule has 0 bridgehead atoms. The molecular weight excluding hydrogens is 691 g/mol. The van der Waals surface area contributed by atoms with Crippen LogP contribution < -0.4 is 21.5 Å². The van der Waals surface area contributed by atoms with Crippen LogP contribution in [0.5, 0.6) is 0 Å². The van der Waals surface area contributed by atoms with Gasteiger partial charge in [-0.15, -0.1) is 0 Å². The zero-order valence-corrected chi connectivity index (χ0v) is 38.2. The molecule has 6 heteroatoms. The molecule has 6 nitrogen and oxygen atoms in total. The Morgan fingerprint density at radius 2 is 0.946 bits per heavy atom. The van der Waals surface area contributed by atoms with Crippen LogP contribution in [0.3, 0.4) is 0 Å². The number of anilines is 2. The Labute approximate surface area is 348 Å². The smallest absolute Gasteiger partial charge is 0.253 e. The first-order chi connectivity index (χ1) is 27.4. The highest BCUT2D eigenvalue weighted by atomic mass is 16.5. The predicted molar refractivity (Wildman–Crippen MR) is 248 cm³/mol. The van der Waals surface area contributed by atoms with E-state index in [1.165, 1.54) is 199 Å². The lowest BCUT2D eigenvalue weighted by Crippen LogP contribution is -2.37. The van der Waals surface area contributed by atoms with Gasteiger partial charge in [0.05, 0.1) is 11.9 Å². The maximum atomic E-state index is 12.0. The molecule has 0 aliphatic carbocycles. The number of ether oxygens (including phenoxy) is 1. The van der Waals surface area contributed by atoms with E-state index in [-0.39, 0.29) is 5.43 Å². The van der Waals surface area contributed by atoms with Crippen LogP contribution in [0.25, 0.3) is 0 Å². The molecule has 0 fully saturated rings. The SMILES string of the molecule is C=C(CCCCCCCN(CCCCCC(CC)CCCCCCCC)CCCNc1c(NC)c(=O)c1=O)OC(CCCCCCCC)CCCCCCCC. The number of nitrogens with zero attached hydrogens (tertiary/aromatic N) is 1. The van der Waals surface area contributed by atoms with Crippen LogP contribution in [0, 0.1) is 5.92 Å². The Hall–Kier alpha value is -1.82. The number of hydrogen-bond donors (Lipinski definition) is 2. The fourth-order valence-electron chi connectivity index (χ4n) is 8.41. The molecule has 0 aliphatic rings. The summed E-state index contributed by atoms with van der Waals surface area (Å²) < 4.78 is 6.52. The molecule has 56 heavy (non-hydrogen) atoms.